The van der Waals surface area contributed by atoms with Crippen molar-refractivity contribution in [1.29, 1.82) is 0 Å². The number of thioether (sulfide) groups is 1. The van der Waals surface area contributed by atoms with Crippen molar-refractivity contribution in [3.8, 4) is 0 Å². The van der Waals surface area contributed by atoms with Crippen LogP contribution in [0.15, 0.2) is 75.1 Å². The number of fused-ring (bicyclic) bond motifs is 1. The van der Waals surface area contributed by atoms with Gasteiger partial charge in [-0.1, -0.05) is 53.8 Å². The van der Waals surface area contributed by atoms with Gasteiger partial charge in [0, 0.05) is 23.9 Å². The summed E-state index contributed by atoms with van der Waals surface area (Å²) in [6, 6.07) is 19.4. The van der Waals surface area contributed by atoms with Crippen LogP contribution in [0.2, 0.25) is 0 Å². The number of amides is 1. The summed E-state index contributed by atoms with van der Waals surface area (Å²) in [7, 11) is -3.50. The largest absolute Gasteiger partial charge is 0.283 e. The summed E-state index contributed by atoms with van der Waals surface area (Å²) in [5, 5.41) is 2.45. The van der Waals surface area contributed by atoms with Crippen LogP contribution in [0.1, 0.15) is 18.4 Å². The van der Waals surface area contributed by atoms with E-state index in [0.717, 1.165) is 20.7 Å². The molecule has 0 radical (unpaired) electrons. The fourth-order valence-electron chi connectivity index (χ4n) is 4.30. The SMILES string of the molecule is CSc1cccc2sc(N(Cc3ccccc3)C(=O)C3CCN(S(=O)(=O)c4cccs4)CC3)nc12. The molecule has 0 saturated carbocycles. The minimum absolute atomic E-state index is 0.00628. The van der Waals surface area contributed by atoms with E-state index in [1.54, 1.807) is 34.2 Å². The van der Waals surface area contributed by atoms with Gasteiger partial charge in [-0.2, -0.15) is 4.31 Å². The summed E-state index contributed by atoms with van der Waals surface area (Å²) in [5.41, 5.74) is 1.95. The Kier molecular flexibility index (Phi) is 7.26. The first-order valence-corrected chi connectivity index (χ1v) is 15.7. The van der Waals surface area contributed by atoms with Gasteiger partial charge in [0.15, 0.2) is 5.13 Å². The zero-order valence-corrected chi connectivity index (χ0v) is 22.4. The third-order valence-electron chi connectivity index (χ3n) is 6.16. The number of nitrogens with zero attached hydrogens (tertiary/aromatic N) is 3. The van der Waals surface area contributed by atoms with Gasteiger partial charge in [-0.25, -0.2) is 13.4 Å². The van der Waals surface area contributed by atoms with Crippen molar-refractivity contribution < 1.29 is 13.2 Å². The monoisotopic (exact) mass is 543 g/mol. The van der Waals surface area contributed by atoms with E-state index in [2.05, 4.69) is 0 Å². The van der Waals surface area contributed by atoms with E-state index in [9.17, 15) is 13.2 Å². The molecule has 4 aromatic rings. The molecule has 1 amide bonds. The molecule has 1 fully saturated rings. The van der Waals surface area contributed by atoms with Crippen LogP contribution >= 0.6 is 34.4 Å². The molecule has 0 aliphatic carbocycles. The average molecular weight is 544 g/mol. The van der Waals surface area contributed by atoms with Crippen LogP contribution in [0.3, 0.4) is 0 Å². The number of carbonyl (C=O) groups excluding carboxylic acids is 1. The lowest BCUT2D eigenvalue weighted by Crippen LogP contribution is -2.44. The number of hydrogen-bond donors (Lipinski definition) is 0. The minimum Gasteiger partial charge on any atom is -0.283 e. The van der Waals surface area contributed by atoms with Crippen molar-refractivity contribution in [3.05, 3.63) is 71.6 Å². The van der Waals surface area contributed by atoms with Crippen LogP contribution in [-0.4, -0.2) is 43.0 Å². The average Bonchev–Trinajstić information content (AvgIpc) is 3.58. The second-order valence-electron chi connectivity index (χ2n) is 8.32. The lowest BCUT2D eigenvalue weighted by molar-refractivity contribution is -0.123. The number of hydrogen-bond acceptors (Lipinski definition) is 7. The number of piperidine rings is 1. The highest BCUT2D eigenvalue weighted by atomic mass is 32.2. The molecule has 1 aliphatic rings. The Morgan fingerprint density at radius 2 is 1.86 bits per heavy atom. The van der Waals surface area contributed by atoms with Gasteiger partial charge in [0.25, 0.3) is 10.0 Å². The molecule has 1 saturated heterocycles. The fourth-order valence-corrected chi connectivity index (χ4v) is 8.54. The first kappa shape index (κ1) is 24.5. The molecule has 0 N–H and O–H groups in total. The number of thiophene rings is 1. The van der Waals surface area contributed by atoms with Crippen molar-refractivity contribution in [2.45, 2.75) is 28.5 Å². The molecule has 3 heterocycles. The molecule has 5 rings (SSSR count). The van der Waals surface area contributed by atoms with E-state index in [-0.39, 0.29) is 11.8 Å². The Morgan fingerprint density at radius 3 is 2.54 bits per heavy atom. The number of sulfonamides is 1. The van der Waals surface area contributed by atoms with Gasteiger partial charge in [0.1, 0.15) is 4.21 Å². The van der Waals surface area contributed by atoms with Crippen LogP contribution in [-0.2, 0) is 21.4 Å². The summed E-state index contributed by atoms with van der Waals surface area (Å²) in [6.45, 7) is 1.11. The van der Waals surface area contributed by atoms with E-state index in [0.29, 0.717) is 41.8 Å². The van der Waals surface area contributed by atoms with Gasteiger partial charge in [-0.05, 0) is 48.2 Å². The minimum atomic E-state index is -3.50. The molecule has 10 heteroatoms. The maximum atomic E-state index is 13.8. The van der Waals surface area contributed by atoms with Crippen LogP contribution in [0.4, 0.5) is 5.13 Å². The smallest absolute Gasteiger partial charge is 0.252 e. The fraction of sp³-hybridized carbons (Fsp3) is 0.280. The van der Waals surface area contributed by atoms with Crippen molar-refractivity contribution in [3.63, 3.8) is 0 Å². The van der Waals surface area contributed by atoms with Crippen molar-refractivity contribution >= 4 is 65.7 Å². The normalized spacial score (nSPS) is 15.5. The van der Waals surface area contributed by atoms with Gasteiger partial charge >= 0.3 is 0 Å². The second kappa shape index (κ2) is 10.4. The Morgan fingerprint density at radius 1 is 1.09 bits per heavy atom. The number of thiazole rings is 1. The summed E-state index contributed by atoms with van der Waals surface area (Å²) >= 11 is 4.40. The Hall–Kier alpha value is -2.24. The highest BCUT2D eigenvalue weighted by Gasteiger charge is 2.35. The number of carbonyl (C=O) groups is 1. The number of aromatic nitrogens is 1. The molecule has 0 spiro atoms. The zero-order valence-electron chi connectivity index (χ0n) is 19.2. The number of rotatable bonds is 7. The second-order valence-corrected chi connectivity index (χ2v) is 13.3. The van der Waals surface area contributed by atoms with E-state index in [4.69, 9.17) is 4.98 Å². The molecule has 6 nitrogen and oxygen atoms in total. The van der Waals surface area contributed by atoms with E-state index >= 15 is 0 Å². The van der Waals surface area contributed by atoms with Gasteiger partial charge in [-0.3, -0.25) is 9.69 Å². The zero-order chi connectivity index (χ0) is 24.4. The van der Waals surface area contributed by atoms with Gasteiger partial charge in [0.2, 0.25) is 5.91 Å². The maximum absolute atomic E-state index is 13.8. The molecule has 2 aromatic heterocycles. The maximum Gasteiger partial charge on any atom is 0.252 e. The summed E-state index contributed by atoms with van der Waals surface area (Å²) in [5.74, 6) is -0.243. The highest BCUT2D eigenvalue weighted by Crippen LogP contribution is 2.36. The first-order chi connectivity index (χ1) is 17.0. The van der Waals surface area contributed by atoms with Crippen LogP contribution < -0.4 is 4.90 Å². The standard InChI is InChI=1S/C25H25N3O3S4/c1-32-20-9-5-10-21-23(20)26-25(34-21)28(17-18-7-3-2-4-8-18)24(29)19-12-14-27(15-13-19)35(30,31)22-11-6-16-33-22/h2-11,16,19H,12-15,17H2,1H3. The van der Waals surface area contributed by atoms with Crippen molar-refractivity contribution in [2.24, 2.45) is 5.92 Å². The number of benzene rings is 2. The van der Waals surface area contributed by atoms with Crippen LogP contribution in [0.5, 0.6) is 0 Å². The Balaban J connectivity index is 1.40. The Bertz CT molecular complexity index is 1410. The summed E-state index contributed by atoms with van der Waals surface area (Å²) < 4.78 is 28.7. The van der Waals surface area contributed by atoms with E-state index in [1.807, 2.05) is 54.8 Å². The molecule has 2 aromatic carbocycles. The Labute approximate surface area is 217 Å². The molecule has 0 unspecified atom stereocenters. The predicted octanol–water partition coefficient (Wildman–Crippen LogP) is 5.71. The predicted molar refractivity (Wildman–Crippen MR) is 145 cm³/mol. The molecule has 0 bridgehead atoms. The molecule has 1 aliphatic heterocycles. The third-order valence-corrected chi connectivity index (χ3v) is 11.2. The summed E-state index contributed by atoms with van der Waals surface area (Å²) in [4.78, 5) is 21.6. The van der Waals surface area contributed by atoms with E-state index < -0.39 is 10.0 Å². The van der Waals surface area contributed by atoms with Gasteiger partial charge in [0.05, 0.1) is 16.8 Å². The highest BCUT2D eigenvalue weighted by molar-refractivity contribution is 7.98. The van der Waals surface area contributed by atoms with Crippen LogP contribution in [0, 0.1) is 5.92 Å². The molecular formula is C25H25N3O3S4. The van der Waals surface area contributed by atoms with E-state index in [1.165, 1.54) is 27.0 Å². The van der Waals surface area contributed by atoms with Gasteiger partial charge in [-0.15, -0.1) is 23.1 Å². The quantitative estimate of drug-likeness (QED) is 0.279. The third kappa shape index (κ3) is 5.03. The summed E-state index contributed by atoms with van der Waals surface area (Å²) in [6.07, 6.45) is 3.02. The molecular weight excluding hydrogens is 519 g/mol. The van der Waals surface area contributed by atoms with Crippen molar-refractivity contribution in [2.75, 3.05) is 24.2 Å². The lowest BCUT2D eigenvalue weighted by Gasteiger charge is -2.32. The van der Waals surface area contributed by atoms with Crippen molar-refractivity contribution in [1.82, 2.24) is 9.29 Å². The molecule has 0 atom stereocenters. The van der Waals surface area contributed by atoms with Crippen LogP contribution in [0.25, 0.3) is 10.2 Å². The molecule has 182 valence electrons. The number of para-hydroxylation sites is 1. The first-order valence-electron chi connectivity index (χ1n) is 11.3. The lowest BCUT2D eigenvalue weighted by atomic mass is 9.96. The van der Waals surface area contributed by atoms with Gasteiger partial charge < -0.3 is 0 Å². The molecule has 35 heavy (non-hydrogen) atoms. The number of anilines is 1. The topological polar surface area (TPSA) is 70.6 Å².